The second-order valence-corrected chi connectivity index (χ2v) is 7.38. The lowest BCUT2D eigenvalue weighted by Gasteiger charge is -2.16. The smallest absolute Gasteiger partial charge is 0.280 e. The van der Waals surface area contributed by atoms with E-state index in [0.717, 1.165) is 16.9 Å². The molecule has 3 aromatic carbocycles. The number of fused-ring (bicyclic) bond motifs is 1. The molecule has 5 nitrogen and oxygen atoms in total. The van der Waals surface area contributed by atoms with Gasteiger partial charge in [0.1, 0.15) is 5.75 Å². The molecule has 4 rings (SSSR count). The molecule has 0 aliphatic heterocycles. The molecular formula is C23H21N3O2S. The molecule has 0 fully saturated rings. The van der Waals surface area contributed by atoms with Crippen LogP contribution in [0.15, 0.2) is 82.5 Å². The summed E-state index contributed by atoms with van der Waals surface area (Å²) in [7, 11) is 1.63. The van der Waals surface area contributed by atoms with Gasteiger partial charge in [-0.05, 0) is 60.4 Å². The molecule has 0 radical (unpaired) electrons. The Bertz CT molecular complexity index is 1190. The summed E-state index contributed by atoms with van der Waals surface area (Å²) >= 11 is 1.70. The van der Waals surface area contributed by atoms with Gasteiger partial charge in [0.2, 0.25) is 0 Å². The van der Waals surface area contributed by atoms with Crippen LogP contribution in [0.4, 0.5) is 0 Å². The van der Waals surface area contributed by atoms with Crippen molar-refractivity contribution in [1.82, 2.24) is 9.66 Å². The van der Waals surface area contributed by atoms with Gasteiger partial charge in [0, 0.05) is 10.5 Å². The van der Waals surface area contributed by atoms with E-state index in [2.05, 4.69) is 35.9 Å². The monoisotopic (exact) mass is 403 g/mol. The first-order chi connectivity index (χ1) is 14.2. The third kappa shape index (κ3) is 3.98. The molecule has 1 aromatic heterocycles. The number of aromatic nitrogens is 2. The number of rotatable bonds is 6. The zero-order chi connectivity index (χ0) is 20.2. The summed E-state index contributed by atoms with van der Waals surface area (Å²) in [6.45, 7) is 0.512. The van der Waals surface area contributed by atoms with E-state index in [-0.39, 0.29) is 5.56 Å². The Morgan fingerprint density at radius 2 is 1.72 bits per heavy atom. The highest BCUT2D eigenvalue weighted by Crippen LogP contribution is 2.22. The Balaban J connectivity index is 1.76. The molecule has 146 valence electrons. The molecule has 6 heteroatoms. The third-order valence-electron chi connectivity index (χ3n) is 4.72. The van der Waals surface area contributed by atoms with Crippen molar-refractivity contribution in [2.24, 2.45) is 0 Å². The van der Waals surface area contributed by atoms with Crippen molar-refractivity contribution >= 4 is 22.7 Å². The number of nitrogens with zero attached hydrogens (tertiary/aromatic N) is 2. The van der Waals surface area contributed by atoms with Crippen molar-refractivity contribution in [1.29, 1.82) is 0 Å². The first-order valence-electron chi connectivity index (χ1n) is 9.22. The fraction of sp³-hybridized carbons (Fsp3) is 0.130. The third-order valence-corrected chi connectivity index (χ3v) is 5.47. The van der Waals surface area contributed by atoms with Gasteiger partial charge in [-0.1, -0.05) is 24.3 Å². The van der Waals surface area contributed by atoms with Crippen LogP contribution in [0.5, 0.6) is 5.75 Å². The maximum absolute atomic E-state index is 13.2. The van der Waals surface area contributed by atoms with Gasteiger partial charge in [0.15, 0.2) is 5.82 Å². The highest BCUT2D eigenvalue weighted by atomic mass is 32.2. The van der Waals surface area contributed by atoms with Crippen molar-refractivity contribution in [2.75, 3.05) is 18.8 Å². The molecule has 1 N–H and O–H groups in total. The Labute approximate surface area is 173 Å². The van der Waals surface area contributed by atoms with Crippen molar-refractivity contribution in [3.63, 3.8) is 0 Å². The van der Waals surface area contributed by atoms with E-state index in [9.17, 15) is 4.79 Å². The lowest BCUT2D eigenvalue weighted by atomic mass is 10.2. The maximum atomic E-state index is 13.2. The van der Waals surface area contributed by atoms with Crippen molar-refractivity contribution < 1.29 is 4.74 Å². The summed E-state index contributed by atoms with van der Waals surface area (Å²) in [6.07, 6.45) is 2.05. The number of ether oxygens (including phenoxy) is 1. The van der Waals surface area contributed by atoms with E-state index in [0.29, 0.717) is 23.3 Å². The van der Waals surface area contributed by atoms with Crippen LogP contribution >= 0.6 is 11.8 Å². The van der Waals surface area contributed by atoms with Crippen molar-refractivity contribution in [3.05, 3.63) is 88.7 Å². The van der Waals surface area contributed by atoms with E-state index >= 15 is 0 Å². The minimum absolute atomic E-state index is 0.123. The fourth-order valence-electron chi connectivity index (χ4n) is 3.13. The summed E-state index contributed by atoms with van der Waals surface area (Å²) in [4.78, 5) is 19.2. The van der Waals surface area contributed by atoms with Crippen LogP contribution in [0.2, 0.25) is 0 Å². The predicted molar refractivity (Wildman–Crippen MR) is 119 cm³/mol. The Morgan fingerprint density at radius 1 is 1.00 bits per heavy atom. The first kappa shape index (κ1) is 19.1. The lowest BCUT2D eigenvalue weighted by Crippen LogP contribution is -2.31. The van der Waals surface area contributed by atoms with Gasteiger partial charge in [0.05, 0.1) is 24.6 Å². The zero-order valence-electron chi connectivity index (χ0n) is 16.3. The average Bonchev–Trinajstić information content (AvgIpc) is 2.79. The number of hydrogen-bond donors (Lipinski definition) is 1. The number of hydrogen-bond acceptors (Lipinski definition) is 5. The molecule has 0 amide bonds. The fourth-order valence-corrected chi connectivity index (χ4v) is 3.54. The van der Waals surface area contributed by atoms with E-state index in [1.807, 2.05) is 42.5 Å². The molecule has 0 aliphatic carbocycles. The number of methoxy groups -OCH3 is 1. The zero-order valence-corrected chi connectivity index (χ0v) is 17.1. The number of thioether (sulfide) groups is 1. The standard InChI is InChI=1S/C23H21N3O2S/c1-28-18-11-9-17(10-12-18)22-25-21-6-4-3-5-20(21)23(27)26(22)24-15-16-7-13-19(29-2)14-8-16/h3-14,24H,15H2,1-2H3. The Hall–Kier alpha value is -3.25. The molecule has 0 atom stereocenters. The van der Waals surface area contributed by atoms with Crippen LogP contribution in [0.3, 0.4) is 0 Å². The Morgan fingerprint density at radius 3 is 2.41 bits per heavy atom. The first-order valence-corrected chi connectivity index (χ1v) is 10.4. The summed E-state index contributed by atoms with van der Waals surface area (Å²) in [6, 6.07) is 23.2. The normalized spacial score (nSPS) is 10.8. The molecule has 1 heterocycles. The maximum Gasteiger partial charge on any atom is 0.280 e. The molecule has 4 aromatic rings. The van der Waals surface area contributed by atoms with Gasteiger partial charge in [-0.15, -0.1) is 11.8 Å². The van der Waals surface area contributed by atoms with Crippen LogP contribution in [-0.4, -0.2) is 23.0 Å². The average molecular weight is 404 g/mol. The molecule has 0 saturated carbocycles. The molecule has 0 spiro atoms. The van der Waals surface area contributed by atoms with Crippen LogP contribution < -0.4 is 15.7 Å². The summed E-state index contributed by atoms with van der Waals surface area (Å²) in [5, 5.41) is 0.579. The highest BCUT2D eigenvalue weighted by molar-refractivity contribution is 7.98. The lowest BCUT2D eigenvalue weighted by molar-refractivity contribution is 0.415. The van der Waals surface area contributed by atoms with Crippen LogP contribution in [-0.2, 0) is 6.54 Å². The molecule has 29 heavy (non-hydrogen) atoms. The van der Waals surface area contributed by atoms with Gasteiger partial charge < -0.3 is 10.2 Å². The molecule has 0 bridgehead atoms. The van der Waals surface area contributed by atoms with Crippen molar-refractivity contribution in [2.45, 2.75) is 11.4 Å². The molecule has 0 aliphatic rings. The van der Waals surface area contributed by atoms with Crippen LogP contribution in [0.25, 0.3) is 22.3 Å². The second kappa shape index (κ2) is 8.41. The minimum atomic E-state index is -0.123. The van der Waals surface area contributed by atoms with Crippen LogP contribution in [0.1, 0.15) is 5.56 Å². The minimum Gasteiger partial charge on any atom is -0.497 e. The van der Waals surface area contributed by atoms with E-state index < -0.39 is 0 Å². The second-order valence-electron chi connectivity index (χ2n) is 6.50. The quantitative estimate of drug-likeness (QED) is 0.479. The Kier molecular flexibility index (Phi) is 5.53. The van der Waals surface area contributed by atoms with Gasteiger partial charge in [0.25, 0.3) is 5.56 Å². The topological polar surface area (TPSA) is 56.1 Å². The SMILES string of the molecule is COc1ccc(-c2nc3ccccc3c(=O)n2NCc2ccc(SC)cc2)cc1. The highest BCUT2D eigenvalue weighted by Gasteiger charge is 2.13. The summed E-state index contributed by atoms with van der Waals surface area (Å²) in [5.74, 6) is 1.32. The van der Waals surface area contributed by atoms with E-state index in [4.69, 9.17) is 9.72 Å². The molecular weight excluding hydrogens is 382 g/mol. The van der Waals surface area contributed by atoms with Gasteiger partial charge in [-0.2, -0.15) is 0 Å². The van der Waals surface area contributed by atoms with E-state index in [1.54, 1.807) is 24.9 Å². The van der Waals surface area contributed by atoms with Crippen molar-refractivity contribution in [3.8, 4) is 17.1 Å². The molecule has 0 saturated heterocycles. The largest absolute Gasteiger partial charge is 0.497 e. The number of benzene rings is 3. The van der Waals surface area contributed by atoms with E-state index in [1.165, 1.54) is 9.57 Å². The summed E-state index contributed by atoms with van der Waals surface area (Å²) in [5.41, 5.74) is 5.73. The number of para-hydroxylation sites is 1. The van der Waals surface area contributed by atoms with Crippen LogP contribution in [0, 0.1) is 0 Å². The van der Waals surface area contributed by atoms with Gasteiger partial charge in [-0.3, -0.25) is 4.79 Å². The number of nitrogens with one attached hydrogen (secondary N) is 1. The predicted octanol–water partition coefficient (Wildman–Crippen LogP) is 4.54. The molecule has 0 unspecified atom stereocenters. The van der Waals surface area contributed by atoms with Gasteiger partial charge in [-0.25, -0.2) is 9.66 Å². The summed E-state index contributed by atoms with van der Waals surface area (Å²) < 4.78 is 6.78. The van der Waals surface area contributed by atoms with Gasteiger partial charge >= 0.3 is 0 Å².